The first-order chi connectivity index (χ1) is 36.6. The van der Waals surface area contributed by atoms with E-state index in [4.69, 9.17) is 23.7 Å². The Morgan fingerprint density at radius 1 is 0.453 bits per heavy atom. The van der Waals surface area contributed by atoms with Crippen molar-refractivity contribution in [3.63, 3.8) is 0 Å². The molecule has 0 bridgehead atoms. The number of aliphatic carboxylic acids is 1. The number of hydrogen-bond donors (Lipinski definition) is 3. The van der Waals surface area contributed by atoms with Gasteiger partial charge in [-0.3, -0.25) is 14.4 Å². The van der Waals surface area contributed by atoms with Crippen LogP contribution in [0.5, 0.6) is 0 Å². The van der Waals surface area contributed by atoms with Crippen molar-refractivity contribution in [2.45, 2.75) is 302 Å². The number of carbonyl (C=O) groups excluding carboxylic acids is 3. The number of carbonyl (C=O) groups is 4. The van der Waals surface area contributed by atoms with Gasteiger partial charge in [-0.25, -0.2) is 4.79 Å². The molecule has 0 saturated carbocycles. The third-order valence-electron chi connectivity index (χ3n) is 13.6. The molecule has 12 heteroatoms. The average molecular weight is 1060 g/mol. The molecule has 1 rings (SSSR count). The molecule has 0 amide bonds. The molecule has 12 nitrogen and oxygen atoms in total. The second-order valence-corrected chi connectivity index (χ2v) is 20.6. The second-order valence-electron chi connectivity index (χ2n) is 20.6. The molecule has 432 valence electrons. The summed E-state index contributed by atoms with van der Waals surface area (Å²) < 4.78 is 28.4. The van der Waals surface area contributed by atoms with Gasteiger partial charge >= 0.3 is 23.9 Å². The van der Waals surface area contributed by atoms with Crippen LogP contribution >= 0.6 is 0 Å². The first kappa shape index (κ1) is 69.4. The second kappa shape index (κ2) is 51.2. The molecular formula is C63H108O12. The number of esters is 3. The highest BCUT2D eigenvalue weighted by Gasteiger charge is 2.50. The van der Waals surface area contributed by atoms with E-state index < -0.39 is 67.3 Å². The molecule has 3 N–H and O–H groups in total. The Kier molecular flexibility index (Phi) is 47.4. The molecule has 0 aromatic carbocycles. The van der Waals surface area contributed by atoms with Crippen LogP contribution in [0.15, 0.2) is 60.8 Å². The number of ether oxygens (including phenoxy) is 5. The maximum atomic E-state index is 13.1. The number of unbranched alkanes of at least 4 members (excludes halogenated alkanes) is 27. The molecule has 1 saturated heterocycles. The zero-order valence-electron chi connectivity index (χ0n) is 47.5. The third-order valence-corrected chi connectivity index (χ3v) is 13.6. The van der Waals surface area contributed by atoms with Crippen LogP contribution in [0.3, 0.4) is 0 Å². The molecule has 1 aliphatic rings. The SMILES string of the molecule is CC/C=C\C/C=C\C/C=C\CCCCCC(=O)OC(COC(=O)CCCCCCCCCCCCCCCCC)COC1OC(C(=O)O)C(O)C(O)C1OC(=O)CCCCCCCCC/C=C\C/C=C\CCCCC. The zero-order valence-corrected chi connectivity index (χ0v) is 47.5. The standard InChI is InChI=1S/C63H108O12/c1-4-7-10-13-16-19-22-25-27-28-30-33-36-39-42-45-48-51-57(66)74-61-59(68)58(67)60(62(69)70)75-63(61)72-53-54(73-56(65)50-47-44-41-38-35-31-24-21-18-15-12-9-6-3)52-71-55(64)49-46-43-40-37-34-32-29-26-23-20-17-14-11-8-5-2/h9,12,16,18-19,21,25,27,31,35,54,58-61,63,67-68H,4-8,10-11,13-15,17,20,22-24,26,28-30,32-34,36-53H2,1-3H3,(H,69,70)/b12-9-,19-16-,21-18-,27-25-,35-31-. The lowest BCUT2D eigenvalue weighted by Crippen LogP contribution is -2.61. The molecule has 1 fully saturated rings. The number of rotatable bonds is 51. The number of aliphatic hydroxyl groups is 2. The summed E-state index contributed by atoms with van der Waals surface area (Å²) in [5, 5.41) is 31.5. The van der Waals surface area contributed by atoms with Gasteiger partial charge in [0.2, 0.25) is 0 Å². The van der Waals surface area contributed by atoms with Crippen molar-refractivity contribution in [1.29, 1.82) is 0 Å². The lowest BCUT2D eigenvalue weighted by Gasteiger charge is -2.40. The number of carboxylic acids is 1. The largest absolute Gasteiger partial charge is 0.479 e. The summed E-state index contributed by atoms with van der Waals surface area (Å²) in [6.45, 7) is 5.84. The molecule has 0 spiro atoms. The molecule has 0 radical (unpaired) electrons. The minimum absolute atomic E-state index is 0.0482. The Labute approximate surface area is 456 Å². The van der Waals surface area contributed by atoms with Crippen LogP contribution in [0.2, 0.25) is 0 Å². The average Bonchev–Trinajstić information content (AvgIpc) is 3.39. The molecule has 0 aromatic rings. The van der Waals surface area contributed by atoms with Crippen molar-refractivity contribution in [2.75, 3.05) is 13.2 Å². The Balaban J connectivity index is 2.69. The van der Waals surface area contributed by atoms with Crippen LogP contribution in [0, 0.1) is 0 Å². The number of hydrogen-bond acceptors (Lipinski definition) is 11. The van der Waals surface area contributed by atoms with Gasteiger partial charge in [-0.05, 0) is 83.5 Å². The van der Waals surface area contributed by atoms with E-state index in [-0.39, 0.29) is 25.9 Å². The van der Waals surface area contributed by atoms with Crippen molar-refractivity contribution in [3.8, 4) is 0 Å². The van der Waals surface area contributed by atoms with Gasteiger partial charge in [0.05, 0.1) is 6.61 Å². The van der Waals surface area contributed by atoms with Crippen LogP contribution in [0.1, 0.15) is 265 Å². The van der Waals surface area contributed by atoms with E-state index in [1.165, 1.54) is 89.9 Å². The maximum Gasteiger partial charge on any atom is 0.335 e. The highest BCUT2D eigenvalue weighted by atomic mass is 16.7. The Morgan fingerprint density at radius 3 is 1.32 bits per heavy atom. The minimum Gasteiger partial charge on any atom is -0.479 e. The van der Waals surface area contributed by atoms with Gasteiger partial charge in [0.15, 0.2) is 24.6 Å². The lowest BCUT2D eigenvalue weighted by molar-refractivity contribution is -0.301. The summed E-state index contributed by atoms with van der Waals surface area (Å²) in [6, 6.07) is 0. The van der Waals surface area contributed by atoms with Crippen molar-refractivity contribution < 1.29 is 58.2 Å². The fourth-order valence-electron chi connectivity index (χ4n) is 8.94. The quantitative estimate of drug-likeness (QED) is 0.0228. The van der Waals surface area contributed by atoms with Crippen LogP contribution < -0.4 is 0 Å². The van der Waals surface area contributed by atoms with Gasteiger partial charge < -0.3 is 39.0 Å². The van der Waals surface area contributed by atoms with Crippen LogP contribution in [-0.2, 0) is 42.9 Å². The number of carboxylic acid groups (broad SMARTS) is 1. The number of allylic oxidation sites excluding steroid dienone is 10. The summed E-state index contributed by atoms with van der Waals surface area (Å²) in [5.41, 5.74) is 0. The van der Waals surface area contributed by atoms with Gasteiger partial charge in [-0.15, -0.1) is 0 Å². The predicted molar refractivity (Wildman–Crippen MR) is 303 cm³/mol. The van der Waals surface area contributed by atoms with E-state index in [9.17, 15) is 34.5 Å². The highest BCUT2D eigenvalue weighted by Crippen LogP contribution is 2.26. The molecule has 1 aliphatic heterocycles. The van der Waals surface area contributed by atoms with Crippen LogP contribution in [0.4, 0.5) is 0 Å². The van der Waals surface area contributed by atoms with Crippen molar-refractivity contribution in [1.82, 2.24) is 0 Å². The number of aliphatic hydroxyl groups excluding tert-OH is 2. The summed E-state index contributed by atoms with van der Waals surface area (Å²) in [6.07, 6.45) is 50.4. The normalized spacial score (nSPS) is 18.5. The molecule has 6 unspecified atom stereocenters. The predicted octanol–water partition coefficient (Wildman–Crippen LogP) is 15.6. The van der Waals surface area contributed by atoms with E-state index in [2.05, 4.69) is 81.5 Å². The van der Waals surface area contributed by atoms with Gasteiger partial charge in [0.25, 0.3) is 0 Å². The molecule has 0 aliphatic carbocycles. The third kappa shape index (κ3) is 41.2. The summed E-state index contributed by atoms with van der Waals surface area (Å²) in [5.74, 6) is -3.16. The van der Waals surface area contributed by atoms with Gasteiger partial charge in [-0.2, -0.15) is 0 Å². The summed E-state index contributed by atoms with van der Waals surface area (Å²) >= 11 is 0. The van der Waals surface area contributed by atoms with Gasteiger partial charge in [0.1, 0.15) is 18.8 Å². The van der Waals surface area contributed by atoms with E-state index >= 15 is 0 Å². The monoisotopic (exact) mass is 1060 g/mol. The topological polar surface area (TPSA) is 175 Å². The van der Waals surface area contributed by atoms with Crippen molar-refractivity contribution >= 4 is 23.9 Å². The lowest BCUT2D eigenvalue weighted by atomic mass is 9.98. The van der Waals surface area contributed by atoms with Crippen LogP contribution in [-0.4, -0.2) is 89.2 Å². The van der Waals surface area contributed by atoms with Gasteiger partial charge in [-0.1, -0.05) is 223 Å². The molecule has 6 atom stereocenters. The molecule has 75 heavy (non-hydrogen) atoms. The maximum absolute atomic E-state index is 13.1. The Morgan fingerprint density at radius 2 is 0.840 bits per heavy atom. The Hall–Kier alpha value is -3.58. The fourth-order valence-corrected chi connectivity index (χ4v) is 8.94. The minimum atomic E-state index is -1.91. The van der Waals surface area contributed by atoms with E-state index in [0.717, 1.165) is 116 Å². The molecule has 1 heterocycles. The molecule has 0 aromatic heterocycles. The summed E-state index contributed by atoms with van der Waals surface area (Å²) in [7, 11) is 0. The van der Waals surface area contributed by atoms with E-state index in [1.807, 2.05) is 0 Å². The molecular weight excluding hydrogens is 949 g/mol. The first-order valence-corrected chi connectivity index (χ1v) is 30.3. The first-order valence-electron chi connectivity index (χ1n) is 30.3. The van der Waals surface area contributed by atoms with Crippen molar-refractivity contribution in [3.05, 3.63) is 60.8 Å². The fraction of sp³-hybridized carbons (Fsp3) is 0.778. The zero-order chi connectivity index (χ0) is 54.7. The van der Waals surface area contributed by atoms with E-state index in [0.29, 0.717) is 19.3 Å². The van der Waals surface area contributed by atoms with Crippen molar-refractivity contribution in [2.24, 2.45) is 0 Å². The Bertz CT molecular complexity index is 1540. The smallest absolute Gasteiger partial charge is 0.335 e. The van der Waals surface area contributed by atoms with Crippen LogP contribution in [0.25, 0.3) is 0 Å². The van der Waals surface area contributed by atoms with E-state index in [1.54, 1.807) is 0 Å². The summed E-state index contributed by atoms with van der Waals surface area (Å²) in [4.78, 5) is 51.1. The van der Waals surface area contributed by atoms with Gasteiger partial charge in [0, 0.05) is 19.3 Å². The highest BCUT2D eigenvalue weighted by molar-refractivity contribution is 5.74.